The van der Waals surface area contributed by atoms with Gasteiger partial charge in [0.15, 0.2) is 6.61 Å². The third-order valence-corrected chi connectivity index (χ3v) is 3.26. The van der Waals surface area contributed by atoms with Crippen molar-refractivity contribution in [2.45, 2.75) is 12.8 Å². The molecule has 1 aliphatic rings. The second kappa shape index (κ2) is 5.53. The predicted molar refractivity (Wildman–Crippen MR) is 67.7 cm³/mol. The maximum atomic E-state index is 11.2. The highest BCUT2D eigenvalue weighted by molar-refractivity contribution is 5.77. The molecule has 0 fully saturated rings. The first-order valence-corrected chi connectivity index (χ1v) is 6.03. The van der Waals surface area contributed by atoms with Crippen LogP contribution in [0.2, 0.25) is 0 Å². The van der Waals surface area contributed by atoms with Gasteiger partial charge in [-0.25, -0.2) is 0 Å². The Morgan fingerprint density at radius 3 is 3.00 bits per heavy atom. The molecule has 0 radical (unpaired) electrons. The van der Waals surface area contributed by atoms with E-state index in [4.69, 9.17) is 4.74 Å². The van der Waals surface area contributed by atoms with Crippen molar-refractivity contribution in [2.75, 3.05) is 13.7 Å². The number of nitrogens with one attached hydrogen (secondary N) is 1. The van der Waals surface area contributed by atoms with Gasteiger partial charge >= 0.3 is 0 Å². The highest BCUT2D eigenvalue weighted by atomic mass is 16.5. The summed E-state index contributed by atoms with van der Waals surface area (Å²) in [7, 11) is 1.52. The van der Waals surface area contributed by atoms with Crippen LogP contribution in [0.4, 0.5) is 0 Å². The maximum Gasteiger partial charge on any atom is 0.257 e. The average Bonchev–Trinajstić information content (AvgIpc) is 2.87. The van der Waals surface area contributed by atoms with Crippen molar-refractivity contribution < 1.29 is 14.3 Å². The monoisotopic (exact) mass is 258 g/mol. The molecule has 2 rings (SSSR count). The number of likely N-dealkylation sites (N-methyl/N-ethyl adjacent to an activating group) is 1. The first-order chi connectivity index (χ1) is 9.19. The molecule has 19 heavy (non-hydrogen) atoms. The lowest BCUT2D eigenvalue weighted by Gasteiger charge is -2.10. The Hall–Kier alpha value is -2.35. The molecule has 0 saturated heterocycles. The number of hydrogen-bond donors (Lipinski definition) is 1. The van der Waals surface area contributed by atoms with Crippen molar-refractivity contribution in [3.05, 3.63) is 28.8 Å². The number of benzene rings is 1. The Bertz CT molecular complexity index is 561. The molecule has 1 N–H and O–H groups in total. The minimum absolute atomic E-state index is 0.0590. The summed E-state index contributed by atoms with van der Waals surface area (Å²) in [6, 6.07) is 5.66. The molecule has 98 valence electrons. The van der Waals surface area contributed by atoms with E-state index >= 15 is 0 Å². The number of carbonyl (C=O) groups is 2. The van der Waals surface area contributed by atoms with Crippen LogP contribution in [0.15, 0.2) is 12.1 Å². The van der Waals surface area contributed by atoms with Crippen LogP contribution in [0.1, 0.15) is 16.7 Å². The molecule has 0 aromatic heterocycles. The maximum absolute atomic E-state index is 11.2. The van der Waals surface area contributed by atoms with E-state index in [9.17, 15) is 14.9 Å². The first kappa shape index (κ1) is 13.1. The molecule has 1 atom stereocenters. The first-order valence-electron chi connectivity index (χ1n) is 6.03. The molecule has 0 heterocycles. The van der Waals surface area contributed by atoms with Gasteiger partial charge in [0.05, 0.1) is 5.56 Å². The van der Waals surface area contributed by atoms with Gasteiger partial charge in [0.1, 0.15) is 18.1 Å². The van der Waals surface area contributed by atoms with E-state index in [1.165, 1.54) is 7.05 Å². The number of fused-ring (bicyclic) bond motifs is 1. The molecule has 0 saturated carbocycles. The summed E-state index contributed by atoms with van der Waals surface area (Å²) in [6.45, 7) is -0.124. The van der Waals surface area contributed by atoms with Gasteiger partial charge < -0.3 is 14.8 Å². The fourth-order valence-corrected chi connectivity index (χ4v) is 2.27. The van der Waals surface area contributed by atoms with Crippen molar-refractivity contribution in [3.63, 3.8) is 0 Å². The molecule has 5 nitrogen and oxygen atoms in total. The molecule has 0 spiro atoms. The van der Waals surface area contributed by atoms with Gasteiger partial charge in [0.2, 0.25) is 0 Å². The Balaban J connectivity index is 2.26. The molecular formula is C14H14N2O3. The van der Waals surface area contributed by atoms with Gasteiger partial charge in [0, 0.05) is 13.0 Å². The Labute approximate surface area is 111 Å². The number of rotatable bonds is 4. The Morgan fingerprint density at radius 1 is 1.58 bits per heavy atom. The third kappa shape index (κ3) is 2.58. The molecule has 1 aliphatic carbocycles. The van der Waals surface area contributed by atoms with Crippen molar-refractivity contribution >= 4 is 12.2 Å². The van der Waals surface area contributed by atoms with Crippen LogP contribution < -0.4 is 10.1 Å². The quantitative estimate of drug-likeness (QED) is 0.802. The number of aldehydes is 1. The van der Waals surface area contributed by atoms with Crippen molar-refractivity contribution in [1.82, 2.24) is 5.32 Å². The normalized spacial score (nSPS) is 16.3. The molecular weight excluding hydrogens is 244 g/mol. The van der Waals surface area contributed by atoms with E-state index in [-0.39, 0.29) is 18.4 Å². The molecule has 0 aliphatic heterocycles. The zero-order valence-electron chi connectivity index (χ0n) is 10.6. The molecule has 1 amide bonds. The van der Waals surface area contributed by atoms with Crippen LogP contribution in [-0.4, -0.2) is 25.8 Å². The van der Waals surface area contributed by atoms with Gasteiger partial charge in [-0.1, -0.05) is 6.07 Å². The second-order valence-electron chi connectivity index (χ2n) is 4.45. The lowest BCUT2D eigenvalue weighted by Crippen LogP contribution is -2.25. The van der Waals surface area contributed by atoms with Crippen LogP contribution in [0.3, 0.4) is 0 Å². The molecule has 1 aromatic carbocycles. The van der Waals surface area contributed by atoms with Crippen LogP contribution in [0, 0.1) is 17.2 Å². The standard InChI is InChI=1S/C14H14N2O3/c1-16-14(18)8-19-13-3-2-10-4-9(7-17)5-11(10)12(13)6-15/h2-3,7,9H,4-5,8H2,1H3,(H,16,18). The zero-order chi connectivity index (χ0) is 13.8. The molecule has 0 bridgehead atoms. The zero-order valence-corrected chi connectivity index (χ0v) is 10.6. The number of nitrogens with zero attached hydrogens (tertiary/aromatic N) is 1. The average molecular weight is 258 g/mol. The summed E-state index contributed by atoms with van der Waals surface area (Å²) in [6.07, 6.45) is 2.16. The van der Waals surface area contributed by atoms with Crippen molar-refractivity contribution in [1.29, 1.82) is 5.26 Å². The van der Waals surface area contributed by atoms with Crippen molar-refractivity contribution in [2.24, 2.45) is 5.92 Å². The summed E-state index contributed by atoms with van der Waals surface area (Å²) >= 11 is 0. The number of hydrogen-bond acceptors (Lipinski definition) is 4. The summed E-state index contributed by atoms with van der Waals surface area (Å²) in [5, 5.41) is 11.7. The highest BCUT2D eigenvalue weighted by Crippen LogP contribution is 2.33. The van der Waals surface area contributed by atoms with E-state index in [2.05, 4.69) is 11.4 Å². The molecule has 1 unspecified atom stereocenters. The van der Waals surface area contributed by atoms with Gasteiger partial charge in [-0.2, -0.15) is 5.26 Å². The smallest absolute Gasteiger partial charge is 0.257 e. The fourth-order valence-electron chi connectivity index (χ4n) is 2.27. The van der Waals surface area contributed by atoms with E-state index in [0.717, 1.165) is 17.4 Å². The Morgan fingerprint density at radius 2 is 2.37 bits per heavy atom. The van der Waals surface area contributed by atoms with Crippen LogP contribution >= 0.6 is 0 Å². The SMILES string of the molecule is CNC(=O)COc1ccc2c(c1C#N)CC(C=O)C2. The predicted octanol–water partition coefficient (Wildman–Crippen LogP) is 0.597. The lowest BCUT2D eigenvalue weighted by atomic mass is 10.0. The van der Waals surface area contributed by atoms with Crippen LogP contribution in [0.5, 0.6) is 5.75 Å². The van der Waals surface area contributed by atoms with Gasteiger partial charge in [0.25, 0.3) is 5.91 Å². The Kier molecular flexibility index (Phi) is 3.81. The number of nitriles is 1. The molecule has 5 heteroatoms. The van der Waals surface area contributed by atoms with E-state index in [1.807, 2.05) is 6.07 Å². The van der Waals surface area contributed by atoms with Gasteiger partial charge in [-0.15, -0.1) is 0 Å². The van der Waals surface area contributed by atoms with E-state index in [1.54, 1.807) is 6.07 Å². The lowest BCUT2D eigenvalue weighted by molar-refractivity contribution is -0.122. The largest absolute Gasteiger partial charge is 0.482 e. The summed E-state index contributed by atoms with van der Waals surface area (Å²) in [5.41, 5.74) is 2.32. The van der Waals surface area contributed by atoms with E-state index in [0.29, 0.717) is 24.2 Å². The second-order valence-corrected chi connectivity index (χ2v) is 4.45. The minimum Gasteiger partial charge on any atom is -0.482 e. The van der Waals surface area contributed by atoms with Crippen LogP contribution in [0.25, 0.3) is 0 Å². The minimum atomic E-state index is -0.254. The van der Waals surface area contributed by atoms with E-state index < -0.39 is 0 Å². The third-order valence-electron chi connectivity index (χ3n) is 3.26. The molecule has 1 aromatic rings. The van der Waals surface area contributed by atoms with Gasteiger partial charge in [-0.05, 0) is 30.0 Å². The highest BCUT2D eigenvalue weighted by Gasteiger charge is 2.25. The topological polar surface area (TPSA) is 79.2 Å². The summed E-state index contributed by atoms with van der Waals surface area (Å²) in [5.74, 6) is 0.0860. The number of carbonyl (C=O) groups excluding carboxylic acids is 2. The van der Waals surface area contributed by atoms with Crippen LogP contribution in [-0.2, 0) is 22.4 Å². The van der Waals surface area contributed by atoms with Gasteiger partial charge in [-0.3, -0.25) is 4.79 Å². The van der Waals surface area contributed by atoms with Crippen molar-refractivity contribution in [3.8, 4) is 11.8 Å². The number of amides is 1. The summed E-state index contributed by atoms with van der Waals surface area (Å²) < 4.78 is 5.35. The number of ether oxygens (including phenoxy) is 1. The fraction of sp³-hybridized carbons (Fsp3) is 0.357. The summed E-state index contributed by atoms with van der Waals surface area (Å²) in [4.78, 5) is 22.0.